The molecule has 0 heterocycles. The van der Waals surface area contributed by atoms with Gasteiger partial charge in [0.2, 0.25) is 0 Å². The summed E-state index contributed by atoms with van der Waals surface area (Å²) in [6.45, 7) is 1.91. The molecule has 0 saturated heterocycles. The van der Waals surface area contributed by atoms with Crippen molar-refractivity contribution < 1.29 is 24.1 Å². The maximum Gasteiger partial charge on any atom is 0.136 e. The summed E-state index contributed by atoms with van der Waals surface area (Å²) in [5, 5.41) is 8.54. The molecule has 0 spiro atoms. The standard InChI is InChI=1S/C17H20O5/c1-4-14-13-17(15(5-2)12-16(14)19-3)22-11-10-21-9-8-20-7-6-18/h1-2,12-13,18H,6-11H2,3H3. The second-order valence-electron chi connectivity index (χ2n) is 4.13. The molecular formula is C17H20O5. The van der Waals surface area contributed by atoms with Crippen molar-refractivity contribution in [2.45, 2.75) is 0 Å². The van der Waals surface area contributed by atoms with Gasteiger partial charge >= 0.3 is 0 Å². The molecule has 118 valence electrons. The van der Waals surface area contributed by atoms with Crippen molar-refractivity contribution in [3.8, 4) is 36.2 Å². The molecule has 5 nitrogen and oxygen atoms in total. The lowest BCUT2D eigenvalue weighted by Crippen LogP contribution is -2.12. The number of ether oxygens (including phenoxy) is 4. The van der Waals surface area contributed by atoms with E-state index in [9.17, 15) is 0 Å². The Labute approximate surface area is 131 Å². The van der Waals surface area contributed by atoms with Gasteiger partial charge in [-0.25, -0.2) is 0 Å². The molecule has 1 aromatic carbocycles. The van der Waals surface area contributed by atoms with Crippen molar-refractivity contribution in [1.82, 2.24) is 0 Å². The van der Waals surface area contributed by atoms with Gasteiger partial charge in [-0.2, -0.15) is 0 Å². The minimum absolute atomic E-state index is 0.00690. The first-order valence-electron chi connectivity index (χ1n) is 6.81. The maximum absolute atomic E-state index is 8.54. The Morgan fingerprint density at radius 3 is 2.05 bits per heavy atom. The third-order valence-corrected chi connectivity index (χ3v) is 2.71. The first-order chi connectivity index (χ1) is 10.8. The van der Waals surface area contributed by atoms with Crippen LogP contribution in [0.2, 0.25) is 0 Å². The highest BCUT2D eigenvalue weighted by Crippen LogP contribution is 2.27. The summed E-state index contributed by atoms with van der Waals surface area (Å²) in [6.07, 6.45) is 10.9. The normalized spacial score (nSPS) is 9.82. The van der Waals surface area contributed by atoms with Crippen molar-refractivity contribution in [3.05, 3.63) is 23.3 Å². The molecule has 22 heavy (non-hydrogen) atoms. The molecule has 5 heteroatoms. The van der Waals surface area contributed by atoms with Crippen molar-refractivity contribution in [1.29, 1.82) is 0 Å². The maximum atomic E-state index is 8.54. The number of aliphatic hydroxyl groups is 1. The van der Waals surface area contributed by atoms with Gasteiger partial charge in [-0.3, -0.25) is 0 Å². The SMILES string of the molecule is C#Cc1cc(OCCOCCOCCO)c(C#C)cc1OC. The zero-order valence-electron chi connectivity index (χ0n) is 12.6. The number of hydrogen-bond donors (Lipinski definition) is 1. The van der Waals surface area contributed by atoms with E-state index in [1.165, 1.54) is 7.11 Å². The molecule has 0 fully saturated rings. The Morgan fingerprint density at radius 1 is 0.909 bits per heavy atom. The second kappa shape index (κ2) is 10.5. The lowest BCUT2D eigenvalue weighted by Gasteiger charge is -2.12. The van der Waals surface area contributed by atoms with E-state index in [1.807, 2.05) is 0 Å². The monoisotopic (exact) mass is 304 g/mol. The molecule has 0 aromatic heterocycles. The molecule has 1 N–H and O–H groups in total. The Balaban J connectivity index is 2.46. The van der Waals surface area contributed by atoms with Gasteiger partial charge in [0.15, 0.2) is 0 Å². The van der Waals surface area contributed by atoms with Crippen LogP contribution in [0, 0.1) is 24.7 Å². The van der Waals surface area contributed by atoms with Crippen molar-refractivity contribution in [3.63, 3.8) is 0 Å². The molecule has 0 aliphatic rings. The van der Waals surface area contributed by atoms with Gasteiger partial charge in [0.05, 0.1) is 51.3 Å². The van der Waals surface area contributed by atoms with E-state index in [-0.39, 0.29) is 6.61 Å². The van der Waals surface area contributed by atoms with Crippen molar-refractivity contribution >= 4 is 0 Å². The minimum Gasteiger partial charge on any atom is -0.495 e. The topological polar surface area (TPSA) is 57.2 Å². The average molecular weight is 304 g/mol. The highest BCUT2D eigenvalue weighted by molar-refractivity contribution is 5.57. The molecule has 0 aliphatic heterocycles. The number of methoxy groups -OCH3 is 1. The Hall–Kier alpha value is -2.18. The Morgan fingerprint density at radius 2 is 1.45 bits per heavy atom. The van der Waals surface area contributed by atoms with Crippen LogP contribution >= 0.6 is 0 Å². The highest BCUT2D eigenvalue weighted by atomic mass is 16.5. The lowest BCUT2D eigenvalue weighted by atomic mass is 10.1. The summed E-state index contributed by atoms with van der Waals surface area (Å²) in [4.78, 5) is 0. The average Bonchev–Trinajstić information content (AvgIpc) is 2.56. The van der Waals surface area contributed by atoms with E-state index >= 15 is 0 Å². The van der Waals surface area contributed by atoms with Gasteiger partial charge in [0.1, 0.15) is 18.1 Å². The van der Waals surface area contributed by atoms with Crippen LogP contribution in [0.1, 0.15) is 11.1 Å². The fourth-order valence-corrected chi connectivity index (χ4v) is 1.67. The first kappa shape index (κ1) is 17.9. The Bertz CT molecular complexity index is 539. The molecular weight excluding hydrogens is 284 g/mol. The van der Waals surface area contributed by atoms with Gasteiger partial charge < -0.3 is 24.1 Å². The van der Waals surface area contributed by atoms with E-state index in [1.54, 1.807) is 12.1 Å². The van der Waals surface area contributed by atoms with Gasteiger partial charge in [0, 0.05) is 12.1 Å². The van der Waals surface area contributed by atoms with Crippen LogP contribution in [0.3, 0.4) is 0 Å². The number of aliphatic hydroxyl groups excluding tert-OH is 1. The number of benzene rings is 1. The third kappa shape index (κ3) is 5.67. The molecule has 0 aliphatic carbocycles. The second-order valence-corrected chi connectivity index (χ2v) is 4.13. The van der Waals surface area contributed by atoms with Gasteiger partial charge in [-0.15, -0.1) is 12.8 Å². The van der Waals surface area contributed by atoms with Crippen molar-refractivity contribution in [2.24, 2.45) is 0 Å². The molecule has 1 aromatic rings. The van der Waals surface area contributed by atoms with E-state index < -0.39 is 0 Å². The smallest absolute Gasteiger partial charge is 0.136 e. The van der Waals surface area contributed by atoms with Crippen LogP contribution in [-0.4, -0.2) is 51.9 Å². The first-order valence-corrected chi connectivity index (χ1v) is 6.81. The summed E-state index contributed by atoms with van der Waals surface area (Å²) in [5.41, 5.74) is 1.15. The largest absolute Gasteiger partial charge is 0.495 e. The summed E-state index contributed by atoms with van der Waals surface area (Å²) >= 11 is 0. The number of rotatable bonds is 10. The quantitative estimate of drug-likeness (QED) is 0.517. The molecule has 0 amide bonds. The van der Waals surface area contributed by atoms with Crippen molar-refractivity contribution in [2.75, 3.05) is 46.8 Å². The minimum atomic E-state index is 0.00690. The van der Waals surface area contributed by atoms with E-state index in [0.717, 1.165) is 0 Å². The molecule has 0 atom stereocenters. The summed E-state index contributed by atoms with van der Waals surface area (Å²) in [5.74, 6) is 6.13. The third-order valence-electron chi connectivity index (χ3n) is 2.71. The molecule has 0 radical (unpaired) electrons. The zero-order chi connectivity index (χ0) is 16.2. The fourth-order valence-electron chi connectivity index (χ4n) is 1.67. The predicted octanol–water partition coefficient (Wildman–Crippen LogP) is 1.06. The Kier molecular flexibility index (Phi) is 8.56. The molecule has 0 bridgehead atoms. The summed E-state index contributed by atoms with van der Waals surface area (Å²) < 4.78 is 21.2. The highest BCUT2D eigenvalue weighted by Gasteiger charge is 2.09. The van der Waals surface area contributed by atoms with E-state index in [0.29, 0.717) is 55.7 Å². The lowest BCUT2D eigenvalue weighted by molar-refractivity contribution is 0.0247. The van der Waals surface area contributed by atoms with Gasteiger partial charge in [-0.1, -0.05) is 11.8 Å². The van der Waals surface area contributed by atoms with Crippen LogP contribution in [-0.2, 0) is 9.47 Å². The number of terminal acetylenes is 2. The van der Waals surface area contributed by atoms with Crippen LogP contribution in [0.5, 0.6) is 11.5 Å². The molecule has 0 saturated carbocycles. The number of hydrogen-bond acceptors (Lipinski definition) is 5. The zero-order valence-corrected chi connectivity index (χ0v) is 12.6. The predicted molar refractivity (Wildman–Crippen MR) is 83.1 cm³/mol. The van der Waals surface area contributed by atoms with Crippen LogP contribution in [0.15, 0.2) is 12.1 Å². The van der Waals surface area contributed by atoms with Crippen LogP contribution in [0.25, 0.3) is 0 Å². The van der Waals surface area contributed by atoms with Gasteiger partial charge in [-0.05, 0) is 0 Å². The van der Waals surface area contributed by atoms with E-state index in [2.05, 4.69) is 11.8 Å². The fraction of sp³-hybridized carbons (Fsp3) is 0.412. The molecule has 1 rings (SSSR count). The van der Waals surface area contributed by atoms with E-state index in [4.69, 9.17) is 36.9 Å². The van der Waals surface area contributed by atoms with Gasteiger partial charge in [0.25, 0.3) is 0 Å². The summed E-state index contributed by atoms with van der Waals surface area (Å²) in [6, 6.07) is 3.35. The van der Waals surface area contributed by atoms with Crippen LogP contribution in [0.4, 0.5) is 0 Å². The van der Waals surface area contributed by atoms with Crippen LogP contribution < -0.4 is 9.47 Å². The molecule has 0 unspecified atom stereocenters. The summed E-state index contributed by atoms with van der Waals surface area (Å²) in [7, 11) is 1.53.